The second kappa shape index (κ2) is 7.75. The molecule has 1 aliphatic rings. The highest BCUT2D eigenvalue weighted by atomic mass is 19.1. The van der Waals surface area contributed by atoms with E-state index in [9.17, 15) is 9.18 Å². The zero-order chi connectivity index (χ0) is 19.5. The van der Waals surface area contributed by atoms with E-state index in [0.29, 0.717) is 24.7 Å². The fraction of sp³-hybridized carbons (Fsp3) is 0.300. The molecule has 0 N–H and O–H groups in total. The summed E-state index contributed by atoms with van der Waals surface area (Å²) in [6, 6.07) is 8.31. The van der Waals surface area contributed by atoms with E-state index in [1.165, 1.54) is 10.7 Å². The third kappa shape index (κ3) is 3.71. The Balaban J connectivity index is 1.56. The number of aromatic nitrogens is 4. The van der Waals surface area contributed by atoms with Gasteiger partial charge >= 0.3 is 0 Å². The van der Waals surface area contributed by atoms with Gasteiger partial charge in [0.25, 0.3) is 0 Å². The molecule has 3 heterocycles. The summed E-state index contributed by atoms with van der Waals surface area (Å²) < 4.78 is 15.5. The van der Waals surface area contributed by atoms with Crippen LogP contribution in [0.1, 0.15) is 13.3 Å². The fourth-order valence-electron chi connectivity index (χ4n) is 3.32. The molecule has 7 nitrogen and oxygen atoms in total. The van der Waals surface area contributed by atoms with E-state index >= 15 is 0 Å². The van der Waals surface area contributed by atoms with Crippen LogP contribution in [0.25, 0.3) is 16.9 Å². The zero-order valence-electron chi connectivity index (χ0n) is 15.6. The summed E-state index contributed by atoms with van der Waals surface area (Å²) in [4.78, 5) is 24.6. The number of carbonyl (C=O) groups is 1. The molecule has 0 unspecified atom stereocenters. The van der Waals surface area contributed by atoms with Crippen LogP contribution >= 0.6 is 0 Å². The molecule has 2 aromatic heterocycles. The van der Waals surface area contributed by atoms with Gasteiger partial charge in [-0.2, -0.15) is 5.10 Å². The number of amides is 1. The molecule has 28 heavy (non-hydrogen) atoms. The topological polar surface area (TPSA) is 67.2 Å². The SMILES string of the molecule is CC(=O)N1CCCN(c2nccc(-c3cnn(-c4ccccc4F)c3)n2)CC1. The van der Waals surface area contributed by atoms with Crippen molar-refractivity contribution < 1.29 is 9.18 Å². The Labute approximate surface area is 162 Å². The number of hydrogen-bond donors (Lipinski definition) is 0. The first-order valence-electron chi connectivity index (χ1n) is 9.25. The van der Waals surface area contributed by atoms with E-state index in [1.807, 2.05) is 11.0 Å². The number of anilines is 1. The van der Waals surface area contributed by atoms with Crippen molar-refractivity contribution in [3.8, 4) is 16.9 Å². The van der Waals surface area contributed by atoms with Crippen LogP contribution in [0.4, 0.5) is 10.3 Å². The summed E-state index contributed by atoms with van der Waals surface area (Å²) in [5.41, 5.74) is 1.90. The number of halogens is 1. The highest BCUT2D eigenvalue weighted by Crippen LogP contribution is 2.21. The molecular formula is C20H21FN6O. The maximum atomic E-state index is 14.0. The lowest BCUT2D eigenvalue weighted by Crippen LogP contribution is -2.34. The van der Waals surface area contributed by atoms with Crippen molar-refractivity contribution in [3.05, 3.63) is 54.7 Å². The molecule has 3 aromatic rings. The van der Waals surface area contributed by atoms with Gasteiger partial charge in [-0.1, -0.05) is 12.1 Å². The second-order valence-corrected chi connectivity index (χ2v) is 6.71. The van der Waals surface area contributed by atoms with E-state index in [1.54, 1.807) is 43.7 Å². The molecular weight excluding hydrogens is 359 g/mol. The van der Waals surface area contributed by atoms with E-state index < -0.39 is 0 Å². The number of hydrogen-bond acceptors (Lipinski definition) is 5. The predicted molar refractivity (Wildman–Crippen MR) is 104 cm³/mol. The Hall–Kier alpha value is -3.29. The Morgan fingerprint density at radius 1 is 1.11 bits per heavy atom. The van der Waals surface area contributed by atoms with Gasteiger partial charge in [-0.3, -0.25) is 4.79 Å². The highest BCUT2D eigenvalue weighted by Gasteiger charge is 2.19. The lowest BCUT2D eigenvalue weighted by molar-refractivity contribution is -0.128. The molecule has 1 fully saturated rings. The molecule has 0 radical (unpaired) electrons. The molecule has 0 saturated carbocycles. The third-order valence-electron chi connectivity index (χ3n) is 4.84. The molecule has 8 heteroatoms. The molecule has 0 aliphatic carbocycles. The first-order valence-corrected chi connectivity index (χ1v) is 9.25. The minimum Gasteiger partial charge on any atom is -0.341 e. The van der Waals surface area contributed by atoms with Gasteiger partial charge < -0.3 is 9.80 Å². The van der Waals surface area contributed by atoms with Crippen LogP contribution in [0.5, 0.6) is 0 Å². The number of nitrogens with zero attached hydrogens (tertiary/aromatic N) is 6. The standard InChI is InChI=1S/C20H21FN6O/c1-15(28)25-9-4-10-26(12-11-25)20-22-8-7-18(24-20)16-13-23-27(14-16)19-6-3-2-5-17(19)21/h2-3,5-8,13-14H,4,9-12H2,1H3. The minimum absolute atomic E-state index is 0.0945. The summed E-state index contributed by atoms with van der Waals surface area (Å²) in [6.45, 7) is 4.49. The van der Waals surface area contributed by atoms with Gasteiger partial charge in [0.05, 0.1) is 11.9 Å². The molecule has 4 rings (SSSR count). The lowest BCUT2D eigenvalue weighted by Gasteiger charge is -2.21. The van der Waals surface area contributed by atoms with Gasteiger partial charge in [-0.05, 0) is 24.6 Å². The molecule has 1 saturated heterocycles. The van der Waals surface area contributed by atoms with Crippen LogP contribution in [0, 0.1) is 5.82 Å². The monoisotopic (exact) mass is 380 g/mol. The van der Waals surface area contributed by atoms with Crippen molar-refractivity contribution in [3.63, 3.8) is 0 Å². The fourth-order valence-corrected chi connectivity index (χ4v) is 3.32. The highest BCUT2D eigenvalue weighted by molar-refractivity contribution is 5.73. The first kappa shape index (κ1) is 18.1. The van der Waals surface area contributed by atoms with Crippen LogP contribution in [0.2, 0.25) is 0 Å². The van der Waals surface area contributed by atoms with Gasteiger partial charge in [-0.15, -0.1) is 0 Å². The number of carbonyl (C=O) groups excluding carboxylic acids is 1. The zero-order valence-corrected chi connectivity index (χ0v) is 15.6. The smallest absolute Gasteiger partial charge is 0.225 e. The average molecular weight is 380 g/mol. The van der Waals surface area contributed by atoms with Crippen LogP contribution in [0.15, 0.2) is 48.9 Å². The molecule has 0 bridgehead atoms. The van der Waals surface area contributed by atoms with Crippen molar-refractivity contribution in [2.24, 2.45) is 0 Å². The van der Waals surface area contributed by atoms with Crippen molar-refractivity contribution in [1.82, 2.24) is 24.6 Å². The molecule has 1 aliphatic heterocycles. The van der Waals surface area contributed by atoms with Crippen LogP contribution in [-0.2, 0) is 4.79 Å². The van der Waals surface area contributed by atoms with Gasteiger partial charge in [0, 0.05) is 51.1 Å². The van der Waals surface area contributed by atoms with E-state index in [0.717, 1.165) is 30.8 Å². The molecule has 0 spiro atoms. The van der Waals surface area contributed by atoms with Crippen molar-refractivity contribution in [1.29, 1.82) is 0 Å². The van der Waals surface area contributed by atoms with E-state index in [2.05, 4.69) is 20.0 Å². The normalized spacial score (nSPS) is 14.8. The van der Waals surface area contributed by atoms with Crippen LogP contribution in [-0.4, -0.2) is 56.7 Å². The summed E-state index contributed by atoms with van der Waals surface area (Å²) in [6.07, 6.45) is 6.01. The van der Waals surface area contributed by atoms with Gasteiger partial charge in [-0.25, -0.2) is 19.0 Å². The molecule has 0 atom stereocenters. The summed E-state index contributed by atoms with van der Waals surface area (Å²) in [5.74, 6) is 0.388. The Bertz CT molecular complexity index is 988. The first-order chi connectivity index (χ1) is 13.6. The van der Waals surface area contributed by atoms with Crippen molar-refractivity contribution in [2.75, 3.05) is 31.1 Å². The molecule has 1 amide bonds. The minimum atomic E-state index is -0.333. The molecule has 1 aromatic carbocycles. The van der Waals surface area contributed by atoms with Crippen molar-refractivity contribution in [2.45, 2.75) is 13.3 Å². The van der Waals surface area contributed by atoms with E-state index in [4.69, 9.17) is 0 Å². The maximum Gasteiger partial charge on any atom is 0.225 e. The average Bonchev–Trinajstić information content (AvgIpc) is 3.05. The largest absolute Gasteiger partial charge is 0.341 e. The quantitative estimate of drug-likeness (QED) is 0.699. The summed E-state index contributed by atoms with van der Waals surface area (Å²) in [7, 11) is 0. The van der Waals surface area contributed by atoms with Gasteiger partial charge in [0.2, 0.25) is 11.9 Å². The number of rotatable bonds is 3. The maximum absolute atomic E-state index is 14.0. The predicted octanol–water partition coefficient (Wildman–Crippen LogP) is 2.53. The van der Waals surface area contributed by atoms with Gasteiger partial charge in [0.1, 0.15) is 11.5 Å². The molecule has 144 valence electrons. The third-order valence-corrected chi connectivity index (χ3v) is 4.84. The number of para-hydroxylation sites is 1. The Morgan fingerprint density at radius 2 is 1.96 bits per heavy atom. The van der Waals surface area contributed by atoms with Gasteiger partial charge in [0.15, 0.2) is 0 Å². The second-order valence-electron chi connectivity index (χ2n) is 6.71. The van der Waals surface area contributed by atoms with Crippen molar-refractivity contribution >= 4 is 11.9 Å². The summed E-state index contributed by atoms with van der Waals surface area (Å²) in [5, 5.41) is 4.27. The van der Waals surface area contributed by atoms with E-state index in [-0.39, 0.29) is 11.7 Å². The number of benzene rings is 1. The lowest BCUT2D eigenvalue weighted by atomic mass is 10.2. The Kier molecular flexibility index (Phi) is 5.01. The van der Waals surface area contributed by atoms with Crippen LogP contribution in [0.3, 0.4) is 0 Å². The Morgan fingerprint density at radius 3 is 2.79 bits per heavy atom. The van der Waals surface area contributed by atoms with Crippen LogP contribution < -0.4 is 4.90 Å². The summed E-state index contributed by atoms with van der Waals surface area (Å²) >= 11 is 0.